The Kier molecular flexibility index (Phi) is 3.72. The molecule has 0 amide bonds. The van der Waals surface area contributed by atoms with Crippen LogP contribution in [0.4, 0.5) is 13.2 Å². The average Bonchev–Trinajstić information content (AvgIpc) is 2.21. The highest BCUT2D eigenvalue weighted by Gasteiger charge is 2.40. The van der Waals surface area contributed by atoms with Crippen molar-refractivity contribution in [1.29, 1.82) is 0 Å². The Hall–Kier alpha value is -1.03. The topological polar surface area (TPSA) is 12.0 Å². The molecule has 1 atom stereocenters. The highest BCUT2D eigenvalue weighted by molar-refractivity contribution is 5.20. The molecule has 0 aliphatic heterocycles. The lowest BCUT2D eigenvalue weighted by atomic mass is 9.85. The minimum Gasteiger partial charge on any atom is -0.302 e. The second-order valence-corrected chi connectivity index (χ2v) is 4.59. The number of alkyl halides is 3. The normalized spacial score (nSPS) is 18.8. The SMILES string of the molecule is FC(F)(F)C(NCC1CCC1)c1ccccc1. The van der Waals surface area contributed by atoms with Gasteiger partial charge in [-0.15, -0.1) is 0 Å². The number of rotatable bonds is 4. The Balaban J connectivity index is 2.03. The first-order valence-electron chi connectivity index (χ1n) is 5.92. The molecular weight excluding hydrogens is 227 g/mol. The monoisotopic (exact) mass is 243 g/mol. The van der Waals surface area contributed by atoms with E-state index in [0.717, 1.165) is 19.3 Å². The molecule has 1 aromatic carbocycles. The van der Waals surface area contributed by atoms with Gasteiger partial charge in [0.05, 0.1) is 0 Å². The lowest BCUT2D eigenvalue weighted by Crippen LogP contribution is -2.38. The highest BCUT2D eigenvalue weighted by atomic mass is 19.4. The zero-order chi connectivity index (χ0) is 12.3. The average molecular weight is 243 g/mol. The summed E-state index contributed by atoms with van der Waals surface area (Å²) in [5, 5.41) is 2.65. The molecule has 0 saturated heterocycles. The van der Waals surface area contributed by atoms with Gasteiger partial charge in [-0.25, -0.2) is 0 Å². The van der Waals surface area contributed by atoms with Crippen molar-refractivity contribution in [3.63, 3.8) is 0 Å². The summed E-state index contributed by atoms with van der Waals surface area (Å²) in [4.78, 5) is 0. The van der Waals surface area contributed by atoms with E-state index in [-0.39, 0.29) is 0 Å². The molecule has 94 valence electrons. The Bertz CT molecular complexity index is 343. The molecule has 1 N–H and O–H groups in total. The van der Waals surface area contributed by atoms with Crippen LogP contribution < -0.4 is 5.32 Å². The predicted molar refractivity (Wildman–Crippen MR) is 60.6 cm³/mol. The van der Waals surface area contributed by atoms with Crippen LogP contribution in [0.2, 0.25) is 0 Å². The van der Waals surface area contributed by atoms with Crippen molar-refractivity contribution in [3.05, 3.63) is 35.9 Å². The molecule has 0 spiro atoms. The van der Waals surface area contributed by atoms with E-state index < -0.39 is 12.2 Å². The summed E-state index contributed by atoms with van der Waals surface area (Å²) >= 11 is 0. The zero-order valence-corrected chi connectivity index (χ0v) is 9.50. The van der Waals surface area contributed by atoms with Crippen LogP contribution in [0.3, 0.4) is 0 Å². The van der Waals surface area contributed by atoms with Crippen LogP contribution in [0.15, 0.2) is 30.3 Å². The van der Waals surface area contributed by atoms with Crippen molar-refractivity contribution in [3.8, 4) is 0 Å². The molecule has 17 heavy (non-hydrogen) atoms. The van der Waals surface area contributed by atoms with Crippen LogP contribution >= 0.6 is 0 Å². The molecule has 1 aromatic rings. The van der Waals surface area contributed by atoms with E-state index >= 15 is 0 Å². The maximum atomic E-state index is 12.9. The fraction of sp³-hybridized carbons (Fsp3) is 0.538. The first-order chi connectivity index (χ1) is 8.07. The Morgan fingerprint density at radius 2 is 1.82 bits per heavy atom. The van der Waals surface area contributed by atoms with Crippen LogP contribution in [-0.4, -0.2) is 12.7 Å². The molecule has 1 nitrogen and oxygen atoms in total. The van der Waals surface area contributed by atoms with E-state index in [1.807, 2.05) is 0 Å². The van der Waals surface area contributed by atoms with Gasteiger partial charge in [0.2, 0.25) is 0 Å². The Morgan fingerprint density at radius 3 is 2.29 bits per heavy atom. The summed E-state index contributed by atoms with van der Waals surface area (Å²) in [5.74, 6) is 0.420. The van der Waals surface area contributed by atoms with E-state index in [1.54, 1.807) is 18.2 Å². The van der Waals surface area contributed by atoms with Gasteiger partial charge in [0.1, 0.15) is 6.04 Å². The summed E-state index contributed by atoms with van der Waals surface area (Å²) in [5.41, 5.74) is 0.291. The molecule has 4 heteroatoms. The fourth-order valence-corrected chi connectivity index (χ4v) is 2.05. The van der Waals surface area contributed by atoms with Gasteiger partial charge in [-0.2, -0.15) is 13.2 Å². The molecule has 1 saturated carbocycles. The number of nitrogens with one attached hydrogen (secondary N) is 1. The second-order valence-electron chi connectivity index (χ2n) is 4.59. The molecule has 2 rings (SSSR count). The third kappa shape index (κ3) is 3.22. The molecule has 1 fully saturated rings. The van der Waals surface area contributed by atoms with Gasteiger partial charge in [-0.3, -0.25) is 0 Å². The second kappa shape index (κ2) is 5.08. The van der Waals surface area contributed by atoms with Crippen LogP contribution in [0.1, 0.15) is 30.9 Å². The third-order valence-electron chi connectivity index (χ3n) is 3.30. The minimum atomic E-state index is -4.23. The smallest absolute Gasteiger partial charge is 0.302 e. The van der Waals surface area contributed by atoms with Gasteiger partial charge in [-0.1, -0.05) is 36.8 Å². The van der Waals surface area contributed by atoms with E-state index in [2.05, 4.69) is 5.32 Å². The van der Waals surface area contributed by atoms with Gasteiger partial charge in [-0.05, 0) is 30.9 Å². The predicted octanol–water partition coefficient (Wildman–Crippen LogP) is 3.68. The maximum Gasteiger partial charge on any atom is 0.407 e. The standard InChI is InChI=1S/C13H16F3N/c14-13(15,16)12(11-7-2-1-3-8-11)17-9-10-5-4-6-10/h1-3,7-8,10,12,17H,4-6,9H2. The lowest BCUT2D eigenvalue weighted by Gasteiger charge is -2.29. The van der Waals surface area contributed by atoms with Gasteiger partial charge < -0.3 is 5.32 Å². The van der Waals surface area contributed by atoms with E-state index in [1.165, 1.54) is 12.1 Å². The molecule has 1 aliphatic carbocycles. The Labute approximate surface area is 99.0 Å². The summed E-state index contributed by atoms with van der Waals surface area (Å²) in [6, 6.07) is 6.50. The number of benzene rings is 1. The summed E-state index contributed by atoms with van der Waals surface area (Å²) in [6.07, 6.45) is -0.988. The largest absolute Gasteiger partial charge is 0.407 e. The first-order valence-corrected chi connectivity index (χ1v) is 5.92. The van der Waals surface area contributed by atoms with Gasteiger partial charge in [0.25, 0.3) is 0 Å². The molecule has 1 aliphatic rings. The molecule has 0 bridgehead atoms. The quantitative estimate of drug-likeness (QED) is 0.850. The van der Waals surface area contributed by atoms with E-state index in [0.29, 0.717) is 18.0 Å². The van der Waals surface area contributed by atoms with Crippen LogP contribution in [0.25, 0.3) is 0 Å². The minimum absolute atomic E-state index is 0.291. The summed E-state index contributed by atoms with van der Waals surface area (Å²) < 4.78 is 38.7. The fourth-order valence-electron chi connectivity index (χ4n) is 2.05. The number of hydrogen-bond donors (Lipinski definition) is 1. The molecule has 0 radical (unpaired) electrons. The Morgan fingerprint density at radius 1 is 1.18 bits per heavy atom. The van der Waals surface area contributed by atoms with Crippen molar-refractivity contribution >= 4 is 0 Å². The van der Waals surface area contributed by atoms with Crippen molar-refractivity contribution in [2.24, 2.45) is 5.92 Å². The van der Waals surface area contributed by atoms with Crippen molar-refractivity contribution in [2.75, 3.05) is 6.54 Å². The van der Waals surface area contributed by atoms with Gasteiger partial charge >= 0.3 is 6.18 Å². The third-order valence-corrected chi connectivity index (χ3v) is 3.30. The first kappa shape index (κ1) is 12.4. The molecular formula is C13H16F3N. The maximum absolute atomic E-state index is 12.9. The number of hydrogen-bond acceptors (Lipinski definition) is 1. The summed E-state index contributed by atoms with van der Waals surface area (Å²) in [6.45, 7) is 0.457. The van der Waals surface area contributed by atoms with Crippen LogP contribution in [-0.2, 0) is 0 Å². The zero-order valence-electron chi connectivity index (χ0n) is 9.50. The molecule has 0 heterocycles. The van der Waals surface area contributed by atoms with Gasteiger partial charge in [0, 0.05) is 0 Å². The van der Waals surface area contributed by atoms with E-state index in [4.69, 9.17) is 0 Å². The van der Waals surface area contributed by atoms with Crippen molar-refractivity contribution in [2.45, 2.75) is 31.5 Å². The van der Waals surface area contributed by atoms with Gasteiger partial charge in [0.15, 0.2) is 0 Å². The van der Waals surface area contributed by atoms with Crippen LogP contribution in [0, 0.1) is 5.92 Å². The lowest BCUT2D eigenvalue weighted by molar-refractivity contribution is -0.158. The molecule has 1 unspecified atom stereocenters. The highest BCUT2D eigenvalue weighted by Crippen LogP contribution is 2.34. The molecule has 0 aromatic heterocycles. The van der Waals surface area contributed by atoms with Crippen molar-refractivity contribution in [1.82, 2.24) is 5.32 Å². The van der Waals surface area contributed by atoms with Crippen LogP contribution in [0.5, 0.6) is 0 Å². The number of halogens is 3. The van der Waals surface area contributed by atoms with Crippen molar-refractivity contribution < 1.29 is 13.2 Å². The van der Waals surface area contributed by atoms with E-state index in [9.17, 15) is 13.2 Å². The summed E-state index contributed by atoms with van der Waals surface area (Å²) in [7, 11) is 0.